The zero-order valence-electron chi connectivity index (χ0n) is 12.5. The number of pyridine rings is 1. The number of carbonyl (C=O) groups is 1. The maximum atomic E-state index is 12.8. The molecular formula is C18H20N2O. The van der Waals surface area contributed by atoms with Crippen LogP contribution >= 0.6 is 0 Å². The number of likely N-dealkylation sites (tertiary alicyclic amines) is 1. The van der Waals surface area contributed by atoms with Crippen molar-refractivity contribution >= 4 is 5.91 Å². The fourth-order valence-corrected chi connectivity index (χ4v) is 2.98. The molecule has 2 heterocycles. The zero-order valence-corrected chi connectivity index (χ0v) is 12.5. The van der Waals surface area contributed by atoms with Crippen molar-refractivity contribution in [1.82, 2.24) is 9.88 Å². The quantitative estimate of drug-likeness (QED) is 0.841. The molecule has 0 aliphatic carbocycles. The summed E-state index contributed by atoms with van der Waals surface area (Å²) in [6.07, 6.45) is 5.68. The molecule has 0 spiro atoms. The molecule has 3 heteroatoms. The number of hydrogen-bond donors (Lipinski definition) is 0. The maximum absolute atomic E-state index is 12.8. The first kappa shape index (κ1) is 13.8. The normalized spacial score (nSPS) is 18.0. The van der Waals surface area contributed by atoms with Gasteiger partial charge in [0.25, 0.3) is 5.91 Å². The van der Waals surface area contributed by atoms with E-state index in [4.69, 9.17) is 0 Å². The molecule has 21 heavy (non-hydrogen) atoms. The van der Waals surface area contributed by atoms with Gasteiger partial charge in [0.1, 0.15) is 0 Å². The van der Waals surface area contributed by atoms with Crippen LogP contribution in [0.4, 0.5) is 0 Å². The highest BCUT2D eigenvalue weighted by atomic mass is 16.2. The van der Waals surface area contributed by atoms with Crippen molar-refractivity contribution in [2.24, 2.45) is 0 Å². The smallest absolute Gasteiger partial charge is 0.254 e. The summed E-state index contributed by atoms with van der Waals surface area (Å²) in [6.45, 7) is 4.95. The molecule has 108 valence electrons. The monoisotopic (exact) mass is 280 g/mol. The Balaban J connectivity index is 1.88. The first-order chi connectivity index (χ1) is 10.2. The van der Waals surface area contributed by atoms with Gasteiger partial charge < -0.3 is 4.90 Å². The van der Waals surface area contributed by atoms with Crippen LogP contribution in [0.25, 0.3) is 0 Å². The van der Waals surface area contributed by atoms with Crippen LogP contribution in [-0.2, 0) is 0 Å². The Kier molecular flexibility index (Phi) is 3.74. The van der Waals surface area contributed by atoms with Gasteiger partial charge in [-0.25, -0.2) is 0 Å². The van der Waals surface area contributed by atoms with Crippen molar-refractivity contribution in [3.63, 3.8) is 0 Å². The van der Waals surface area contributed by atoms with Gasteiger partial charge in [0, 0.05) is 24.5 Å². The topological polar surface area (TPSA) is 33.2 Å². The molecule has 1 saturated heterocycles. The molecular weight excluding hydrogens is 260 g/mol. The third-order valence-electron chi connectivity index (χ3n) is 4.36. The van der Waals surface area contributed by atoms with E-state index in [1.54, 1.807) is 12.4 Å². The number of nitrogens with zero attached hydrogens (tertiary/aromatic N) is 2. The van der Waals surface area contributed by atoms with Gasteiger partial charge in [-0.3, -0.25) is 9.78 Å². The molecule has 1 unspecified atom stereocenters. The largest absolute Gasteiger partial charge is 0.332 e. The number of aromatic nitrogens is 1. The molecule has 1 amide bonds. The number of rotatable bonds is 2. The summed E-state index contributed by atoms with van der Waals surface area (Å²) in [5, 5.41) is 0. The van der Waals surface area contributed by atoms with Crippen LogP contribution < -0.4 is 0 Å². The number of aryl methyl sites for hydroxylation is 2. The third kappa shape index (κ3) is 2.68. The highest BCUT2D eigenvalue weighted by Gasteiger charge is 2.30. The van der Waals surface area contributed by atoms with Crippen molar-refractivity contribution in [2.45, 2.75) is 32.7 Å². The van der Waals surface area contributed by atoms with Crippen LogP contribution in [0.1, 0.15) is 45.9 Å². The van der Waals surface area contributed by atoms with E-state index in [1.165, 1.54) is 16.7 Å². The lowest BCUT2D eigenvalue weighted by Crippen LogP contribution is -2.30. The van der Waals surface area contributed by atoms with E-state index in [9.17, 15) is 4.79 Å². The number of amides is 1. The Bertz CT molecular complexity index is 652. The Morgan fingerprint density at radius 1 is 1.14 bits per heavy atom. The summed E-state index contributed by atoms with van der Waals surface area (Å²) in [5.41, 5.74) is 4.36. The van der Waals surface area contributed by atoms with Crippen LogP contribution in [-0.4, -0.2) is 22.3 Å². The second kappa shape index (κ2) is 5.68. The van der Waals surface area contributed by atoms with Gasteiger partial charge >= 0.3 is 0 Å². The van der Waals surface area contributed by atoms with Gasteiger partial charge in [-0.2, -0.15) is 0 Å². The lowest BCUT2D eigenvalue weighted by Gasteiger charge is -2.25. The van der Waals surface area contributed by atoms with Crippen LogP contribution in [0.5, 0.6) is 0 Å². The molecule has 3 rings (SSSR count). The number of benzene rings is 1. The molecule has 0 bridgehead atoms. The number of hydrogen-bond acceptors (Lipinski definition) is 2. The molecule has 0 saturated carbocycles. The number of carbonyl (C=O) groups excluding carboxylic acids is 1. The molecule has 1 fully saturated rings. The van der Waals surface area contributed by atoms with Crippen molar-refractivity contribution in [1.29, 1.82) is 0 Å². The maximum Gasteiger partial charge on any atom is 0.254 e. The molecule has 1 aromatic carbocycles. The van der Waals surface area contributed by atoms with Gasteiger partial charge in [-0.05, 0) is 67.6 Å². The molecule has 1 aliphatic heterocycles. The molecule has 3 nitrogen and oxygen atoms in total. The standard InChI is InChI=1S/C18H20N2O/c1-13-5-6-16(12-14(13)2)18(21)20-11-3-4-17(20)15-7-9-19-10-8-15/h5-10,12,17H,3-4,11H2,1-2H3. The lowest BCUT2D eigenvalue weighted by molar-refractivity contribution is 0.0735. The second-order valence-corrected chi connectivity index (χ2v) is 5.74. The molecule has 1 aliphatic rings. The van der Waals surface area contributed by atoms with E-state index >= 15 is 0 Å². The SMILES string of the molecule is Cc1ccc(C(=O)N2CCCC2c2ccncc2)cc1C. The van der Waals surface area contributed by atoms with Crippen molar-refractivity contribution < 1.29 is 4.79 Å². The molecule has 2 aromatic rings. The van der Waals surface area contributed by atoms with Gasteiger partial charge in [0.2, 0.25) is 0 Å². The van der Waals surface area contributed by atoms with Gasteiger partial charge in [0.05, 0.1) is 6.04 Å². The lowest BCUT2D eigenvalue weighted by atomic mass is 10.0. The Labute approximate surface area is 125 Å². The van der Waals surface area contributed by atoms with Crippen molar-refractivity contribution in [3.05, 3.63) is 65.0 Å². The van der Waals surface area contributed by atoms with Crippen LogP contribution in [0.2, 0.25) is 0 Å². The summed E-state index contributed by atoms with van der Waals surface area (Å²) in [5.74, 6) is 0.136. The molecule has 1 atom stereocenters. The van der Waals surface area contributed by atoms with E-state index in [0.717, 1.165) is 24.9 Å². The van der Waals surface area contributed by atoms with E-state index in [-0.39, 0.29) is 11.9 Å². The summed E-state index contributed by atoms with van der Waals surface area (Å²) in [4.78, 5) is 18.9. The van der Waals surface area contributed by atoms with Crippen LogP contribution in [0.15, 0.2) is 42.7 Å². The minimum Gasteiger partial charge on any atom is -0.332 e. The molecule has 0 radical (unpaired) electrons. The highest BCUT2D eigenvalue weighted by Crippen LogP contribution is 2.32. The van der Waals surface area contributed by atoms with Crippen LogP contribution in [0.3, 0.4) is 0 Å². The Hall–Kier alpha value is -2.16. The average Bonchev–Trinajstić information content (AvgIpc) is 2.99. The van der Waals surface area contributed by atoms with Gasteiger partial charge in [-0.1, -0.05) is 6.07 Å². The summed E-state index contributed by atoms with van der Waals surface area (Å²) >= 11 is 0. The van der Waals surface area contributed by atoms with Crippen molar-refractivity contribution in [2.75, 3.05) is 6.54 Å². The Morgan fingerprint density at radius 2 is 1.90 bits per heavy atom. The fraction of sp³-hybridized carbons (Fsp3) is 0.333. The third-order valence-corrected chi connectivity index (χ3v) is 4.36. The highest BCUT2D eigenvalue weighted by molar-refractivity contribution is 5.95. The fourth-order valence-electron chi connectivity index (χ4n) is 2.98. The molecule has 0 N–H and O–H groups in total. The summed E-state index contributed by atoms with van der Waals surface area (Å²) in [6, 6.07) is 10.2. The van der Waals surface area contributed by atoms with E-state index in [2.05, 4.69) is 18.8 Å². The molecule has 1 aromatic heterocycles. The summed E-state index contributed by atoms with van der Waals surface area (Å²) < 4.78 is 0. The predicted molar refractivity (Wildman–Crippen MR) is 83.2 cm³/mol. The summed E-state index contributed by atoms with van der Waals surface area (Å²) in [7, 11) is 0. The first-order valence-corrected chi connectivity index (χ1v) is 7.45. The minimum absolute atomic E-state index is 0.136. The van der Waals surface area contributed by atoms with Gasteiger partial charge in [0.15, 0.2) is 0 Å². The predicted octanol–water partition coefficient (Wildman–Crippen LogP) is 3.68. The minimum atomic E-state index is 0.136. The zero-order chi connectivity index (χ0) is 14.8. The van der Waals surface area contributed by atoms with Gasteiger partial charge in [-0.15, -0.1) is 0 Å². The van der Waals surface area contributed by atoms with Crippen molar-refractivity contribution in [3.8, 4) is 0 Å². The first-order valence-electron chi connectivity index (χ1n) is 7.45. The average molecular weight is 280 g/mol. The van der Waals surface area contributed by atoms with E-state index in [0.29, 0.717) is 0 Å². The second-order valence-electron chi connectivity index (χ2n) is 5.74. The van der Waals surface area contributed by atoms with E-state index < -0.39 is 0 Å². The Morgan fingerprint density at radius 3 is 2.62 bits per heavy atom. The van der Waals surface area contributed by atoms with E-state index in [1.807, 2.05) is 35.2 Å². The van der Waals surface area contributed by atoms with Crippen LogP contribution in [0, 0.1) is 13.8 Å².